The molecule has 4 nitrogen and oxygen atoms in total. The van der Waals surface area contributed by atoms with E-state index in [9.17, 15) is 0 Å². The van der Waals surface area contributed by atoms with Crippen LogP contribution in [0.15, 0.2) is 4.99 Å². The largest absolute Gasteiger partial charge is 0.353 e. The number of hydrogen-bond acceptors (Lipinski definition) is 2. The molecule has 0 amide bonds. The number of hydrogen-bond donors (Lipinski definition) is 3. The summed E-state index contributed by atoms with van der Waals surface area (Å²) in [5, 5.41) is 3.33. The molecular weight excluding hydrogens is 200 g/mol. The SMILES string of the molecule is CC(C)CCCC(C)NC(=NC1CC1)NN. The molecule has 0 heterocycles. The van der Waals surface area contributed by atoms with Gasteiger partial charge < -0.3 is 5.32 Å². The van der Waals surface area contributed by atoms with E-state index in [0.29, 0.717) is 12.1 Å². The summed E-state index contributed by atoms with van der Waals surface area (Å²) in [5.41, 5.74) is 2.64. The fraction of sp³-hybridized carbons (Fsp3) is 0.917. The van der Waals surface area contributed by atoms with Crippen LogP contribution in [0.3, 0.4) is 0 Å². The van der Waals surface area contributed by atoms with Crippen LogP contribution in [-0.4, -0.2) is 18.0 Å². The first-order valence-corrected chi connectivity index (χ1v) is 6.42. The lowest BCUT2D eigenvalue weighted by molar-refractivity contribution is 0.491. The van der Waals surface area contributed by atoms with Gasteiger partial charge in [0.15, 0.2) is 0 Å². The minimum absolute atomic E-state index is 0.437. The number of rotatable bonds is 6. The summed E-state index contributed by atoms with van der Waals surface area (Å²) >= 11 is 0. The molecule has 0 saturated heterocycles. The van der Waals surface area contributed by atoms with Crippen LogP contribution in [0.5, 0.6) is 0 Å². The van der Waals surface area contributed by atoms with Gasteiger partial charge in [0, 0.05) is 6.04 Å². The summed E-state index contributed by atoms with van der Waals surface area (Å²) in [5.74, 6) is 6.97. The number of hydrazine groups is 1. The first-order valence-electron chi connectivity index (χ1n) is 6.42. The second-order valence-electron chi connectivity index (χ2n) is 5.22. The summed E-state index contributed by atoms with van der Waals surface area (Å²) in [6.45, 7) is 6.71. The quantitative estimate of drug-likeness (QED) is 0.280. The Bertz CT molecular complexity index is 221. The number of aliphatic imine (C=N–C) groups is 1. The standard InChI is InChI=1S/C12H26N4/c1-9(2)5-4-6-10(3)14-12(16-13)15-11-7-8-11/h9-11H,4-8,13H2,1-3H3,(H2,14,15,16). The monoisotopic (exact) mass is 226 g/mol. The zero-order chi connectivity index (χ0) is 12.0. The summed E-state index contributed by atoms with van der Waals surface area (Å²) in [6.07, 6.45) is 6.12. The van der Waals surface area contributed by atoms with Crippen LogP contribution in [-0.2, 0) is 0 Å². The van der Waals surface area contributed by atoms with Crippen LogP contribution in [0.1, 0.15) is 52.9 Å². The average Bonchev–Trinajstić information content (AvgIpc) is 3.00. The van der Waals surface area contributed by atoms with Crippen molar-refractivity contribution in [3.8, 4) is 0 Å². The van der Waals surface area contributed by atoms with Gasteiger partial charge in [-0.05, 0) is 32.1 Å². The Morgan fingerprint density at radius 2 is 2.00 bits per heavy atom. The molecule has 0 aliphatic heterocycles. The summed E-state index contributed by atoms with van der Waals surface area (Å²) < 4.78 is 0. The van der Waals surface area contributed by atoms with Gasteiger partial charge in [-0.25, -0.2) is 10.8 Å². The fourth-order valence-corrected chi connectivity index (χ4v) is 1.64. The zero-order valence-electron chi connectivity index (χ0n) is 10.8. The molecule has 0 spiro atoms. The van der Waals surface area contributed by atoms with Crippen molar-refractivity contribution in [3.05, 3.63) is 0 Å². The first kappa shape index (κ1) is 13.3. The van der Waals surface area contributed by atoms with Crippen LogP contribution >= 0.6 is 0 Å². The van der Waals surface area contributed by atoms with Crippen LogP contribution in [0, 0.1) is 5.92 Å². The highest BCUT2D eigenvalue weighted by atomic mass is 15.3. The van der Waals surface area contributed by atoms with Gasteiger partial charge in [0.25, 0.3) is 0 Å². The molecule has 1 aliphatic carbocycles. The molecule has 1 rings (SSSR count). The van der Waals surface area contributed by atoms with E-state index in [0.717, 1.165) is 11.9 Å². The minimum Gasteiger partial charge on any atom is -0.353 e. The Morgan fingerprint density at radius 1 is 1.31 bits per heavy atom. The third kappa shape index (κ3) is 5.95. The van der Waals surface area contributed by atoms with Gasteiger partial charge in [0.05, 0.1) is 6.04 Å². The second kappa shape index (κ2) is 6.74. The molecule has 16 heavy (non-hydrogen) atoms. The highest BCUT2D eigenvalue weighted by molar-refractivity contribution is 5.79. The summed E-state index contributed by atoms with van der Waals surface area (Å²) in [7, 11) is 0. The van der Waals surface area contributed by atoms with E-state index in [4.69, 9.17) is 5.84 Å². The van der Waals surface area contributed by atoms with Crippen molar-refractivity contribution >= 4 is 5.96 Å². The van der Waals surface area contributed by atoms with Gasteiger partial charge in [-0.3, -0.25) is 5.43 Å². The predicted octanol–water partition coefficient (Wildman–Crippen LogP) is 1.77. The molecule has 0 radical (unpaired) electrons. The van der Waals surface area contributed by atoms with E-state index in [1.165, 1.54) is 32.1 Å². The van der Waals surface area contributed by atoms with Crippen molar-refractivity contribution in [2.75, 3.05) is 0 Å². The van der Waals surface area contributed by atoms with E-state index < -0.39 is 0 Å². The van der Waals surface area contributed by atoms with Crippen LogP contribution in [0.2, 0.25) is 0 Å². The van der Waals surface area contributed by atoms with Gasteiger partial charge in [-0.2, -0.15) is 0 Å². The van der Waals surface area contributed by atoms with Gasteiger partial charge in [-0.15, -0.1) is 0 Å². The Kier molecular flexibility index (Phi) is 5.60. The Hall–Kier alpha value is -0.770. The number of nitrogens with two attached hydrogens (primary N) is 1. The predicted molar refractivity (Wildman–Crippen MR) is 69.1 cm³/mol. The van der Waals surface area contributed by atoms with Crippen LogP contribution in [0.4, 0.5) is 0 Å². The topological polar surface area (TPSA) is 62.4 Å². The molecule has 0 bridgehead atoms. The van der Waals surface area contributed by atoms with Gasteiger partial charge in [0.1, 0.15) is 0 Å². The van der Waals surface area contributed by atoms with Gasteiger partial charge in [-0.1, -0.05) is 26.7 Å². The second-order valence-corrected chi connectivity index (χ2v) is 5.22. The maximum atomic E-state index is 5.43. The molecule has 4 heteroatoms. The molecular formula is C12H26N4. The molecule has 1 atom stereocenters. The summed E-state index contributed by atoms with van der Waals surface area (Å²) in [6, 6.07) is 0.939. The van der Waals surface area contributed by atoms with Crippen molar-refractivity contribution < 1.29 is 0 Å². The Balaban J connectivity index is 2.17. The Labute approximate surface area is 99.1 Å². The number of nitrogens with one attached hydrogen (secondary N) is 2. The molecule has 1 saturated carbocycles. The summed E-state index contributed by atoms with van der Waals surface area (Å²) in [4.78, 5) is 4.46. The molecule has 0 aromatic rings. The van der Waals surface area contributed by atoms with Crippen molar-refractivity contribution in [2.24, 2.45) is 16.8 Å². The van der Waals surface area contributed by atoms with Crippen molar-refractivity contribution in [1.29, 1.82) is 0 Å². The fourth-order valence-electron chi connectivity index (χ4n) is 1.64. The van der Waals surface area contributed by atoms with Gasteiger partial charge >= 0.3 is 0 Å². The molecule has 4 N–H and O–H groups in total. The smallest absolute Gasteiger partial charge is 0.206 e. The lowest BCUT2D eigenvalue weighted by Crippen LogP contribution is -2.45. The van der Waals surface area contributed by atoms with Gasteiger partial charge in [0.2, 0.25) is 5.96 Å². The number of nitrogens with zero attached hydrogens (tertiary/aromatic N) is 1. The Morgan fingerprint density at radius 3 is 2.50 bits per heavy atom. The van der Waals surface area contributed by atoms with E-state index >= 15 is 0 Å². The highest BCUT2D eigenvalue weighted by Gasteiger charge is 2.21. The minimum atomic E-state index is 0.437. The third-order valence-electron chi connectivity index (χ3n) is 2.80. The third-order valence-corrected chi connectivity index (χ3v) is 2.80. The van der Waals surface area contributed by atoms with Crippen molar-refractivity contribution in [1.82, 2.24) is 10.7 Å². The van der Waals surface area contributed by atoms with Crippen LogP contribution < -0.4 is 16.6 Å². The van der Waals surface area contributed by atoms with E-state index in [2.05, 4.69) is 36.5 Å². The average molecular weight is 226 g/mol. The lowest BCUT2D eigenvalue weighted by atomic mass is 10.0. The van der Waals surface area contributed by atoms with Crippen molar-refractivity contribution in [2.45, 2.75) is 65.0 Å². The van der Waals surface area contributed by atoms with E-state index in [1.807, 2.05) is 0 Å². The normalized spacial score (nSPS) is 18.7. The zero-order valence-corrected chi connectivity index (χ0v) is 10.8. The molecule has 1 aliphatic rings. The molecule has 1 unspecified atom stereocenters. The van der Waals surface area contributed by atoms with E-state index in [-0.39, 0.29) is 0 Å². The molecule has 1 fully saturated rings. The highest BCUT2D eigenvalue weighted by Crippen LogP contribution is 2.23. The maximum Gasteiger partial charge on any atom is 0.206 e. The van der Waals surface area contributed by atoms with E-state index in [1.54, 1.807) is 0 Å². The van der Waals surface area contributed by atoms with Crippen molar-refractivity contribution in [3.63, 3.8) is 0 Å². The number of guanidine groups is 1. The van der Waals surface area contributed by atoms with Crippen LogP contribution in [0.25, 0.3) is 0 Å². The molecule has 94 valence electrons. The first-order chi connectivity index (χ1) is 7.61. The molecule has 0 aromatic heterocycles. The molecule has 0 aromatic carbocycles. The lowest BCUT2D eigenvalue weighted by Gasteiger charge is -2.16. The maximum absolute atomic E-state index is 5.43.